The fourth-order valence-electron chi connectivity index (χ4n) is 2.25. The maximum atomic E-state index is 5.72. The normalized spacial score (nSPS) is 11.1. The predicted molar refractivity (Wildman–Crippen MR) is 79.1 cm³/mol. The van der Waals surface area contributed by atoms with E-state index in [0.29, 0.717) is 18.3 Å². The van der Waals surface area contributed by atoms with E-state index in [4.69, 9.17) is 15.0 Å². The molecule has 0 bridgehead atoms. The van der Waals surface area contributed by atoms with Crippen LogP contribution in [0.25, 0.3) is 10.9 Å². The second-order valence-corrected chi connectivity index (χ2v) is 4.81. The summed E-state index contributed by atoms with van der Waals surface area (Å²) in [4.78, 5) is 7.45. The summed E-state index contributed by atoms with van der Waals surface area (Å²) in [5, 5.41) is 4.98. The van der Waals surface area contributed by atoms with Crippen molar-refractivity contribution >= 4 is 10.9 Å². The molecule has 21 heavy (non-hydrogen) atoms. The maximum Gasteiger partial charge on any atom is 0.264 e. The molecule has 0 saturated carbocycles. The molecular weight excluding hydrogens is 268 g/mol. The number of hydrogen-bond acceptors (Lipinski definition) is 5. The molecule has 3 rings (SSSR count). The van der Waals surface area contributed by atoms with Crippen molar-refractivity contribution in [2.75, 3.05) is 6.54 Å². The van der Waals surface area contributed by atoms with Gasteiger partial charge in [0.2, 0.25) is 0 Å². The van der Waals surface area contributed by atoms with Crippen LogP contribution >= 0.6 is 0 Å². The summed E-state index contributed by atoms with van der Waals surface area (Å²) in [5.41, 5.74) is 7.90. The number of nitrogens with zero attached hydrogens (tertiary/aromatic N) is 2. The molecule has 0 aliphatic heterocycles. The highest BCUT2D eigenvalue weighted by atomic mass is 16.5. The zero-order valence-corrected chi connectivity index (χ0v) is 11.9. The van der Waals surface area contributed by atoms with Crippen molar-refractivity contribution in [1.82, 2.24) is 15.1 Å². The third-order valence-corrected chi connectivity index (χ3v) is 3.34. The van der Waals surface area contributed by atoms with Crippen LogP contribution in [-0.2, 0) is 19.4 Å². The number of nitrogens with two attached hydrogens (primary N) is 1. The van der Waals surface area contributed by atoms with Crippen LogP contribution in [0.2, 0.25) is 0 Å². The van der Waals surface area contributed by atoms with Gasteiger partial charge in [0.05, 0.1) is 0 Å². The number of ether oxygens (including phenoxy) is 1. The predicted octanol–water partition coefficient (Wildman–Crippen LogP) is 2.19. The minimum atomic E-state index is 0.273. The lowest BCUT2D eigenvalue weighted by molar-refractivity contribution is 0.242. The number of aromatic amines is 1. The first kappa shape index (κ1) is 13.6. The third-order valence-electron chi connectivity index (χ3n) is 3.34. The molecule has 6 heteroatoms. The number of aromatic nitrogens is 3. The average Bonchev–Trinajstić information content (AvgIpc) is 3.12. The summed E-state index contributed by atoms with van der Waals surface area (Å²) in [5.74, 6) is 1.96. The lowest BCUT2D eigenvalue weighted by Gasteiger charge is -2.04. The van der Waals surface area contributed by atoms with Gasteiger partial charge in [0.15, 0.2) is 12.4 Å². The van der Waals surface area contributed by atoms with Crippen LogP contribution in [0.15, 0.2) is 28.9 Å². The van der Waals surface area contributed by atoms with E-state index in [1.165, 1.54) is 5.56 Å². The Kier molecular flexibility index (Phi) is 3.87. The van der Waals surface area contributed by atoms with Crippen LogP contribution in [0, 0.1) is 0 Å². The summed E-state index contributed by atoms with van der Waals surface area (Å²) in [6.45, 7) is 2.88. The van der Waals surface area contributed by atoms with Gasteiger partial charge < -0.3 is 20.0 Å². The first-order chi connectivity index (χ1) is 10.3. The van der Waals surface area contributed by atoms with Gasteiger partial charge in [-0.05, 0) is 36.7 Å². The zero-order chi connectivity index (χ0) is 14.7. The Morgan fingerprint density at radius 3 is 3.05 bits per heavy atom. The zero-order valence-electron chi connectivity index (χ0n) is 11.9. The van der Waals surface area contributed by atoms with Gasteiger partial charge in [0, 0.05) is 23.5 Å². The van der Waals surface area contributed by atoms with Gasteiger partial charge in [-0.15, -0.1) is 0 Å². The average molecular weight is 286 g/mol. The molecule has 0 spiro atoms. The molecule has 2 aromatic heterocycles. The summed E-state index contributed by atoms with van der Waals surface area (Å²) in [7, 11) is 0. The number of hydrogen-bond donors (Lipinski definition) is 2. The molecule has 0 aliphatic rings. The van der Waals surface area contributed by atoms with Crippen molar-refractivity contribution < 1.29 is 9.26 Å². The molecule has 0 atom stereocenters. The Morgan fingerprint density at radius 1 is 1.38 bits per heavy atom. The van der Waals surface area contributed by atoms with Crippen LogP contribution in [0.1, 0.15) is 24.2 Å². The lowest BCUT2D eigenvalue weighted by Crippen LogP contribution is -2.02. The molecule has 2 heterocycles. The van der Waals surface area contributed by atoms with Gasteiger partial charge in [0.25, 0.3) is 5.89 Å². The summed E-state index contributed by atoms with van der Waals surface area (Å²) < 4.78 is 10.8. The Bertz CT molecular complexity index is 732. The van der Waals surface area contributed by atoms with Gasteiger partial charge in [-0.25, -0.2) is 0 Å². The first-order valence-corrected chi connectivity index (χ1v) is 7.04. The number of fused-ring (bicyclic) bond motifs is 1. The highest BCUT2D eigenvalue weighted by Crippen LogP contribution is 2.24. The number of nitrogens with one attached hydrogen (secondary N) is 1. The molecular formula is C15H18N4O2. The largest absolute Gasteiger partial charge is 0.484 e. The van der Waals surface area contributed by atoms with Crippen LogP contribution in [0.5, 0.6) is 5.75 Å². The fourth-order valence-corrected chi connectivity index (χ4v) is 2.25. The van der Waals surface area contributed by atoms with Crippen molar-refractivity contribution in [2.24, 2.45) is 5.73 Å². The number of rotatable bonds is 6. The molecule has 0 aliphatic carbocycles. The molecule has 0 saturated heterocycles. The SMILES string of the molecule is CCc1noc(COc2ccc3[nH]cc(CCN)c3c2)n1. The molecule has 0 fully saturated rings. The molecule has 0 unspecified atom stereocenters. The Balaban J connectivity index is 1.75. The van der Waals surface area contributed by atoms with E-state index in [-0.39, 0.29) is 6.61 Å². The van der Waals surface area contributed by atoms with Crippen molar-refractivity contribution in [3.63, 3.8) is 0 Å². The molecule has 6 nitrogen and oxygen atoms in total. The maximum absolute atomic E-state index is 5.72. The van der Waals surface area contributed by atoms with E-state index >= 15 is 0 Å². The smallest absolute Gasteiger partial charge is 0.264 e. The minimum Gasteiger partial charge on any atom is -0.484 e. The van der Waals surface area contributed by atoms with Gasteiger partial charge in [0.1, 0.15) is 5.75 Å². The van der Waals surface area contributed by atoms with Gasteiger partial charge in [-0.1, -0.05) is 12.1 Å². The Morgan fingerprint density at radius 2 is 2.29 bits per heavy atom. The van der Waals surface area contributed by atoms with Crippen molar-refractivity contribution in [3.05, 3.63) is 41.7 Å². The topological polar surface area (TPSA) is 90.0 Å². The highest BCUT2D eigenvalue weighted by molar-refractivity contribution is 5.84. The Labute approximate surface area is 122 Å². The fraction of sp³-hybridized carbons (Fsp3) is 0.333. The molecule has 3 aromatic rings. The van der Waals surface area contributed by atoms with E-state index in [1.54, 1.807) is 0 Å². The van der Waals surface area contributed by atoms with Crippen LogP contribution in [-0.4, -0.2) is 21.7 Å². The monoisotopic (exact) mass is 286 g/mol. The summed E-state index contributed by atoms with van der Waals surface area (Å²) in [6.07, 6.45) is 3.58. The molecule has 110 valence electrons. The van der Waals surface area contributed by atoms with E-state index in [9.17, 15) is 0 Å². The first-order valence-electron chi connectivity index (χ1n) is 7.04. The minimum absolute atomic E-state index is 0.273. The highest BCUT2D eigenvalue weighted by Gasteiger charge is 2.08. The van der Waals surface area contributed by atoms with Gasteiger partial charge in [-0.2, -0.15) is 4.98 Å². The van der Waals surface area contributed by atoms with Crippen LogP contribution in [0.3, 0.4) is 0 Å². The summed E-state index contributed by atoms with van der Waals surface area (Å²) >= 11 is 0. The van der Waals surface area contributed by atoms with Gasteiger partial charge >= 0.3 is 0 Å². The Hall–Kier alpha value is -2.34. The van der Waals surface area contributed by atoms with Crippen LogP contribution in [0.4, 0.5) is 0 Å². The standard InChI is InChI=1S/C15H18N4O2/c1-2-14-18-15(21-19-14)9-20-11-3-4-13-12(7-11)10(5-6-16)8-17-13/h3-4,7-8,17H,2,5-6,9,16H2,1H3. The quantitative estimate of drug-likeness (QED) is 0.725. The second kappa shape index (κ2) is 5.97. The third kappa shape index (κ3) is 2.90. The number of aryl methyl sites for hydroxylation is 1. The molecule has 3 N–H and O–H groups in total. The van der Waals surface area contributed by atoms with Crippen molar-refractivity contribution in [3.8, 4) is 5.75 Å². The molecule has 0 radical (unpaired) electrons. The number of H-pyrrole nitrogens is 1. The lowest BCUT2D eigenvalue weighted by atomic mass is 10.1. The van der Waals surface area contributed by atoms with E-state index in [2.05, 4.69) is 15.1 Å². The van der Waals surface area contributed by atoms with Gasteiger partial charge in [-0.3, -0.25) is 0 Å². The summed E-state index contributed by atoms with van der Waals surface area (Å²) in [6, 6.07) is 5.92. The van der Waals surface area contributed by atoms with Crippen molar-refractivity contribution in [2.45, 2.75) is 26.4 Å². The molecule has 0 amide bonds. The van der Waals surface area contributed by atoms with E-state index in [1.807, 2.05) is 31.3 Å². The van der Waals surface area contributed by atoms with Crippen molar-refractivity contribution in [1.29, 1.82) is 0 Å². The molecule has 1 aromatic carbocycles. The number of benzene rings is 1. The van der Waals surface area contributed by atoms with Crippen LogP contribution < -0.4 is 10.5 Å². The van der Waals surface area contributed by atoms with E-state index < -0.39 is 0 Å². The van der Waals surface area contributed by atoms with E-state index in [0.717, 1.165) is 29.5 Å². The second-order valence-electron chi connectivity index (χ2n) is 4.81.